The minimum atomic E-state index is -0.391. The highest BCUT2D eigenvalue weighted by atomic mass is 32.1. The van der Waals surface area contributed by atoms with E-state index in [4.69, 9.17) is 6.42 Å². The topological polar surface area (TPSA) is 78.9 Å². The minimum Gasteiger partial charge on any atom is -0.323 e. The molecule has 0 aromatic carbocycles. The number of nitrogens with one attached hydrogen (secondary N) is 3. The molecule has 0 saturated heterocycles. The first kappa shape index (κ1) is 22.9. The molecule has 7 heteroatoms. The number of amides is 2. The van der Waals surface area contributed by atoms with Crippen LogP contribution in [-0.4, -0.2) is 22.3 Å². The lowest BCUT2D eigenvalue weighted by atomic mass is 10.1. The maximum atomic E-state index is 12.1. The van der Waals surface area contributed by atoms with Gasteiger partial charge in [-0.05, 0) is 48.9 Å². The monoisotopic (exact) mass is 395 g/mol. The Labute approximate surface area is 171 Å². The average Bonchev–Trinajstić information content (AvgIpc) is 3.10. The Balaban J connectivity index is 2.52. The van der Waals surface area contributed by atoms with Gasteiger partial charge >= 0.3 is 6.03 Å². The highest BCUT2D eigenvalue weighted by molar-refractivity contribution is 7.15. The summed E-state index contributed by atoms with van der Waals surface area (Å²) in [6.07, 6.45) is 12.8. The van der Waals surface area contributed by atoms with E-state index in [-0.39, 0.29) is 6.04 Å². The Kier molecular flexibility index (Phi) is 12.3. The zero-order valence-corrected chi connectivity index (χ0v) is 17.1. The lowest BCUT2D eigenvalue weighted by Gasteiger charge is -2.14. The largest absolute Gasteiger partial charge is 0.334 e. The van der Waals surface area contributed by atoms with E-state index in [1.807, 2.05) is 6.92 Å². The van der Waals surface area contributed by atoms with Crippen molar-refractivity contribution in [2.75, 3.05) is 5.43 Å². The van der Waals surface area contributed by atoms with Crippen molar-refractivity contribution in [2.45, 2.75) is 64.8 Å². The van der Waals surface area contributed by atoms with Gasteiger partial charge in [0.25, 0.3) is 0 Å². The van der Waals surface area contributed by atoms with Crippen molar-refractivity contribution in [1.82, 2.24) is 20.9 Å². The summed E-state index contributed by atoms with van der Waals surface area (Å²) in [4.78, 5) is 12.1. The number of terminal acetylenes is 1. The molecule has 2 amide bonds. The number of urea groups is 1. The van der Waals surface area contributed by atoms with Crippen LogP contribution in [0, 0.1) is 54.8 Å². The van der Waals surface area contributed by atoms with Crippen LogP contribution in [-0.2, 0) is 0 Å². The Bertz CT molecular complexity index is 836. The number of carbonyl (C=O) groups is 1. The van der Waals surface area contributed by atoms with Crippen molar-refractivity contribution in [3.05, 3.63) is 5.01 Å². The molecule has 0 aliphatic carbocycles. The lowest BCUT2D eigenvalue weighted by Crippen LogP contribution is -2.43. The third-order valence-electron chi connectivity index (χ3n) is 3.53. The van der Waals surface area contributed by atoms with Crippen LogP contribution >= 0.6 is 11.3 Å². The minimum absolute atomic E-state index is 0.306. The molecule has 0 aliphatic heterocycles. The van der Waals surface area contributed by atoms with Crippen LogP contribution in [0.5, 0.6) is 0 Å². The van der Waals surface area contributed by atoms with Crippen molar-refractivity contribution in [3.8, 4) is 47.9 Å². The number of aryl methyl sites for hydroxylation is 1. The predicted molar refractivity (Wildman–Crippen MR) is 114 cm³/mol. The SMILES string of the molecule is C#CC#CC#CC#CC(CCCCCCCC)NC(=O)NNc1nnc(C)s1. The zero-order valence-electron chi connectivity index (χ0n) is 16.3. The standard InChI is InChI=1S/C21H25N5OS/c1-4-6-8-10-12-14-16-19(17-15-13-11-9-7-5-2)22-20(27)24-26-21-25-23-18(3)28-21/h1,19H,5,7,9,11,13,15,17H2,2-3H3,(H,25,26)(H2,22,24,27). The maximum Gasteiger partial charge on any atom is 0.334 e. The fraction of sp³-hybridized carbons (Fsp3) is 0.476. The first-order chi connectivity index (χ1) is 13.7. The molecule has 1 aromatic heterocycles. The quantitative estimate of drug-likeness (QED) is 0.323. The summed E-state index contributed by atoms with van der Waals surface area (Å²) in [7, 11) is 0. The van der Waals surface area contributed by atoms with Gasteiger partial charge in [0.15, 0.2) is 0 Å². The summed E-state index contributed by atoms with van der Waals surface area (Å²) >= 11 is 1.35. The fourth-order valence-electron chi connectivity index (χ4n) is 2.21. The molecule has 3 N–H and O–H groups in total. The number of hydrazine groups is 1. The van der Waals surface area contributed by atoms with Gasteiger partial charge in [0.05, 0.1) is 6.04 Å². The molecular formula is C21H25N5OS. The van der Waals surface area contributed by atoms with E-state index in [0.29, 0.717) is 5.13 Å². The van der Waals surface area contributed by atoms with Gasteiger partial charge in [-0.25, -0.2) is 10.2 Å². The highest BCUT2D eigenvalue weighted by Gasteiger charge is 2.10. The second-order valence-corrected chi connectivity index (χ2v) is 7.05. The number of hydrogen-bond donors (Lipinski definition) is 3. The number of anilines is 1. The van der Waals surface area contributed by atoms with Crippen molar-refractivity contribution in [3.63, 3.8) is 0 Å². The molecule has 0 radical (unpaired) electrons. The van der Waals surface area contributed by atoms with Crippen LogP contribution in [0.3, 0.4) is 0 Å². The Hall–Kier alpha value is -3.13. The Morgan fingerprint density at radius 2 is 1.79 bits per heavy atom. The predicted octanol–water partition coefficient (Wildman–Crippen LogP) is 3.24. The average molecular weight is 396 g/mol. The second-order valence-electron chi connectivity index (χ2n) is 5.87. The molecule has 146 valence electrons. The molecule has 1 unspecified atom stereocenters. The van der Waals surface area contributed by atoms with E-state index in [1.165, 1.54) is 37.0 Å². The van der Waals surface area contributed by atoms with Crippen molar-refractivity contribution >= 4 is 22.5 Å². The Morgan fingerprint density at radius 1 is 1.07 bits per heavy atom. The molecule has 0 spiro atoms. The van der Waals surface area contributed by atoms with E-state index in [9.17, 15) is 4.79 Å². The second kappa shape index (κ2) is 15.0. The smallest absolute Gasteiger partial charge is 0.323 e. The summed E-state index contributed by atoms with van der Waals surface area (Å²) in [6, 6.07) is -0.697. The van der Waals surface area contributed by atoms with Gasteiger partial charge in [-0.1, -0.05) is 62.7 Å². The summed E-state index contributed by atoms with van der Waals surface area (Å²) in [6.45, 7) is 4.03. The van der Waals surface area contributed by atoms with E-state index < -0.39 is 6.03 Å². The van der Waals surface area contributed by atoms with Gasteiger partial charge in [0.1, 0.15) is 5.01 Å². The van der Waals surface area contributed by atoms with Crippen LogP contribution in [0.1, 0.15) is 56.9 Å². The van der Waals surface area contributed by atoms with Gasteiger partial charge < -0.3 is 5.32 Å². The molecule has 1 atom stereocenters. The summed E-state index contributed by atoms with van der Waals surface area (Å²) in [5.41, 5.74) is 5.26. The molecule has 1 rings (SSSR count). The van der Waals surface area contributed by atoms with Gasteiger partial charge in [0.2, 0.25) is 5.13 Å². The van der Waals surface area contributed by atoms with Gasteiger partial charge in [-0.2, -0.15) is 0 Å². The third kappa shape index (κ3) is 11.5. The first-order valence-electron chi connectivity index (χ1n) is 9.24. The summed E-state index contributed by atoms with van der Waals surface area (Å²) < 4.78 is 0. The van der Waals surface area contributed by atoms with Gasteiger partial charge in [-0.15, -0.1) is 16.6 Å². The van der Waals surface area contributed by atoms with Crippen LogP contribution in [0.25, 0.3) is 0 Å². The maximum absolute atomic E-state index is 12.1. The molecule has 0 fully saturated rings. The van der Waals surface area contributed by atoms with E-state index >= 15 is 0 Å². The molecule has 0 bridgehead atoms. The van der Waals surface area contributed by atoms with E-state index in [1.54, 1.807) is 0 Å². The number of carbonyl (C=O) groups excluding carboxylic acids is 1. The molecule has 28 heavy (non-hydrogen) atoms. The van der Waals surface area contributed by atoms with Crippen LogP contribution in [0.15, 0.2) is 0 Å². The third-order valence-corrected chi connectivity index (χ3v) is 4.28. The molecule has 0 aliphatic rings. The normalized spacial score (nSPS) is 9.89. The van der Waals surface area contributed by atoms with E-state index in [0.717, 1.165) is 24.3 Å². The summed E-state index contributed by atoms with van der Waals surface area (Å²) in [5, 5.41) is 11.9. The highest BCUT2D eigenvalue weighted by Crippen LogP contribution is 2.12. The fourth-order valence-corrected chi connectivity index (χ4v) is 2.76. The van der Waals surface area contributed by atoms with Crippen LogP contribution in [0.2, 0.25) is 0 Å². The molecule has 1 aromatic rings. The zero-order chi connectivity index (χ0) is 20.5. The molecule has 1 heterocycles. The number of nitrogens with zero attached hydrogens (tertiary/aromatic N) is 2. The number of unbranched alkanes of at least 4 members (excludes halogenated alkanes) is 5. The van der Waals surface area contributed by atoms with Crippen molar-refractivity contribution in [2.24, 2.45) is 0 Å². The van der Waals surface area contributed by atoms with Crippen LogP contribution < -0.4 is 16.2 Å². The Morgan fingerprint density at radius 3 is 2.50 bits per heavy atom. The molecule has 6 nitrogen and oxygen atoms in total. The van der Waals surface area contributed by atoms with Gasteiger partial charge in [-0.3, -0.25) is 5.43 Å². The van der Waals surface area contributed by atoms with Crippen molar-refractivity contribution < 1.29 is 4.79 Å². The van der Waals surface area contributed by atoms with E-state index in [2.05, 4.69) is 74.7 Å². The number of hydrogen-bond acceptors (Lipinski definition) is 5. The van der Waals surface area contributed by atoms with Gasteiger partial charge in [0, 0.05) is 0 Å². The first-order valence-corrected chi connectivity index (χ1v) is 10.1. The lowest BCUT2D eigenvalue weighted by molar-refractivity contribution is 0.240. The summed E-state index contributed by atoms with van der Waals surface area (Å²) in [5.74, 6) is 17.9. The van der Waals surface area contributed by atoms with Crippen LogP contribution in [0.4, 0.5) is 9.93 Å². The molecular weight excluding hydrogens is 370 g/mol. The number of rotatable bonds is 10. The number of aromatic nitrogens is 2. The molecule has 0 saturated carbocycles. The van der Waals surface area contributed by atoms with Crippen molar-refractivity contribution in [1.29, 1.82) is 0 Å².